The maximum Gasteiger partial charge on any atom is 0.317 e. The van der Waals surface area contributed by atoms with Crippen LogP contribution in [-0.4, -0.2) is 64.6 Å². The maximum absolute atomic E-state index is 12.9. The first kappa shape index (κ1) is 14.3. The third-order valence-corrected chi connectivity index (χ3v) is 3.21. The van der Waals surface area contributed by atoms with E-state index in [1.54, 1.807) is 4.90 Å². The molecule has 1 aromatic carbocycles. The zero-order valence-electron chi connectivity index (χ0n) is 10.8. The van der Waals surface area contributed by atoms with E-state index in [9.17, 15) is 19.1 Å². The Morgan fingerprint density at radius 3 is 2.40 bits per heavy atom. The van der Waals surface area contributed by atoms with Crippen LogP contribution in [0.25, 0.3) is 0 Å². The maximum atomic E-state index is 12.9. The van der Waals surface area contributed by atoms with Crippen molar-refractivity contribution in [3.05, 3.63) is 29.6 Å². The Balaban J connectivity index is 1.99. The van der Waals surface area contributed by atoms with Crippen LogP contribution in [0.15, 0.2) is 18.2 Å². The van der Waals surface area contributed by atoms with Crippen LogP contribution in [0.3, 0.4) is 0 Å². The fourth-order valence-electron chi connectivity index (χ4n) is 2.16. The number of aliphatic carboxylic acids is 1. The van der Waals surface area contributed by atoms with Gasteiger partial charge in [-0.1, -0.05) is 0 Å². The van der Waals surface area contributed by atoms with E-state index in [0.717, 1.165) is 12.1 Å². The highest BCUT2D eigenvalue weighted by molar-refractivity contribution is 5.96. The van der Waals surface area contributed by atoms with Crippen LogP contribution in [0.2, 0.25) is 0 Å². The lowest BCUT2D eigenvalue weighted by Crippen LogP contribution is -2.49. The van der Waals surface area contributed by atoms with Crippen molar-refractivity contribution >= 4 is 11.9 Å². The molecule has 108 valence electrons. The average Bonchev–Trinajstić information content (AvgIpc) is 2.38. The predicted octanol–water partition coefficient (Wildman–Crippen LogP) is 0.374. The number of hydrogen-bond donors (Lipinski definition) is 2. The molecule has 1 amide bonds. The van der Waals surface area contributed by atoms with Crippen LogP contribution in [0.5, 0.6) is 5.75 Å². The van der Waals surface area contributed by atoms with Crippen molar-refractivity contribution in [3.63, 3.8) is 0 Å². The molecule has 0 spiro atoms. The number of carbonyl (C=O) groups is 2. The fraction of sp³-hybridized carbons (Fsp3) is 0.385. The predicted molar refractivity (Wildman–Crippen MR) is 68.0 cm³/mol. The molecule has 0 aliphatic carbocycles. The molecule has 1 fully saturated rings. The Morgan fingerprint density at radius 2 is 1.85 bits per heavy atom. The number of hydrogen-bond acceptors (Lipinski definition) is 4. The summed E-state index contributed by atoms with van der Waals surface area (Å²) >= 11 is 0. The van der Waals surface area contributed by atoms with Gasteiger partial charge in [0, 0.05) is 32.2 Å². The number of carboxylic acids is 1. The molecule has 0 bridgehead atoms. The lowest BCUT2D eigenvalue weighted by atomic mass is 10.1. The third-order valence-electron chi connectivity index (χ3n) is 3.21. The molecule has 2 rings (SSSR count). The van der Waals surface area contributed by atoms with E-state index in [-0.39, 0.29) is 23.8 Å². The number of nitrogens with zero attached hydrogens (tertiary/aromatic N) is 2. The van der Waals surface area contributed by atoms with E-state index >= 15 is 0 Å². The first-order valence-electron chi connectivity index (χ1n) is 6.19. The van der Waals surface area contributed by atoms with Crippen LogP contribution >= 0.6 is 0 Å². The van der Waals surface area contributed by atoms with Gasteiger partial charge in [-0.05, 0) is 12.1 Å². The van der Waals surface area contributed by atoms with E-state index in [1.165, 1.54) is 11.0 Å². The van der Waals surface area contributed by atoms with Gasteiger partial charge in [0.15, 0.2) is 0 Å². The largest absolute Gasteiger partial charge is 0.507 e. The zero-order chi connectivity index (χ0) is 14.7. The number of phenols is 1. The molecule has 1 heterocycles. The van der Waals surface area contributed by atoms with Crippen LogP contribution in [-0.2, 0) is 4.79 Å². The van der Waals surface area contributed by atoms with E-state index in [4.69, 9.17) is 5.11 Å². The molecule has 6 nitrogen and oxygen atoms in total. The van der Waals surface area contributed by atoms with Crippen LogP contribution in [0.4, 0.5) is 4.39 Å². The molecule has 1 aliphatic rings. The van der Waals surface area contributed by atoms with Gasteiger partial charge in [0.05, 0.1) is 12.1 Å². The molecule has 7 heteroatoms. The van der Waals surface area contributed by atoms with Gasteiger partial charge in [-0.25, -0.2) is 4.39 Å². The number of amides is 1. The molecule has 20 heavy (non-hydrogen) atoms. The standard InChI is InChI=1S/C13H15FN2O4/c14-9-1-2-10(11(17)7-9)13(20)16-5-3-15(4-6-16)8-12(18)19/h1-2,7,17H,3-6,8H2,(H,18,19). The number of piperazine rings is 1. The number of carboxylic acid groups (broad SMARTS) is 1. The lowest BCUT2D eigenvalue weighted by molar-refractivity contribution is -0.138. The molecule has 0 aromatic heterocycles. The normalized spacial score (nSPS) is 16.1. The number of carbonyl (C=O) groups excluding carboxylic acids is 1. The average molecular weight is 282 g/mol. The first-order chi connectivity index (χ1) is 9.47. The van der Waals surface area contributed by atoms with Gasteiger partial charge in [0.1, 0.15) is 11.6 Å². The van der Waals surface area contributed by atoms with Gasteiger partial charge in [-0.3, -0.25) is 14.5 Å². The quantitative estimate of drug-likeness (QED) is 0.837. The second-order valence-corrected chi connectivity index (χ2v) is 4.62. The number of aromatic hydroxyl groups is 1. The molecule has 0 radical (unpaired) electrons. The fourth-order valence-corrected chi connectivity index (χ4v) is 2.16. The highest BCUT2D eigenvalue weighted by Gasteiger charge is 2.24. The zero-order valence-corrected chi connectivity index (χ0v) is 10.8. The summed E-state index contributed by atoms with van der Waals surface area (Å²) in [6, 6.07) is 3.26. The van der Waals surface area contributed by atoms with Gasteiger partial charge in [-0.15, -0.1) is 0 Å². The van der Waals surface area contributed by atoms with Gasteiger partial charge in [0.2, 0.25) is 0 Å². The first-order valence-corrected chi connectivity index (χ1v) is 6.19. The molecule has 1 aromatic rings. The van der Waals surface area contributed by atoms with Crippen molar-refractivity contribution in [2.24, 2.45) is 0 Å². The summed E-state index contributed by atoms with van der Waals surface area (Å²) in [5.41, 5.74) is 0.0538. The molecule has 1 saturated heterocycles. The molecule has 2 N–H and O–H groups in total. The van der Waals surface area contributed by atoms with Crippen molar-refractivity contribution < 1.29 is 24.2 Å². The van der Waals surface area contributed by atoms with E-state index in [2.05, 4.69) is 0 Å². The minimum absolute atomic E-state index is 0.0518. The summed E-state index contributed by atoms with van der Waals surface area (Å²) < 4.78 is 12.9. The van der Waals surface area contributed by atoms with E-state index < -0.39 is 11.8 Å². The van der Waals surface area contributed by atoms with Crippen molar-refractivity contribution in [2.45, 2.75) is 0 Å². The summed E-state index contributed by atoms with van der Waals surface area (Å²) in [7, 11) is 0. The van der Waals surface area contributed by atoms with E-state index in [0.29, 0.717) is 26.2 Å². The Kier molecular flexibility index (Phi) is 4.19. The summed E-state index contributed by atoms with van der Waals surface area (Å²) in [5.74, 6) is -2.27. The molecular formula is C13H15FN2O4. The minimum Gasteiger partial charge on any atom is -0.507 e. The Morgan fingerprint density at radius 1 is 1.20 bits per heavy atom. The Bertz CT molecular complexity index is 527. The molecule has 1 aliphatic heterocycles. The summed E-state index contributed by atoms with van der Waals surface area (Å²) in [6.45, 7) is 1.62. The number of phenolic OH excluding ortho intramolecular Hbond substituents is 1. The second-order valence-electron chi connectivity index (χ2n) is 4.62. The van der Waals surface area contributed by atoms with Crippen molar-refractivity contribution in [3.8, 4) is 5.75 Å². The van der Waals surface area contributed by atoms with Gasteiger partial charge in [0.25, 0.3) is 5.91 Å². The minimum atomic E-state index is -0.902. The summed E-state index contributed by atoms with van der Waals surface area (Å²) in [5, 5.41) is 18.3. The molecule has 0 unspecified atom stereocenters. The number of halogens is 1. The monoisotopic (exact) mass is 282 g/mol. The van der Waals surface area contributed by atoms with E-state index in [1.807, 2.05) is 0 Å². The van der Waals surface area contributed by atoms with Crippen molar-refractivity contribution in [1.29, 1.82) is 0 Å². The van der Waals surface area contributed by atoms with Crippen LogP contribution in [0, 0.1) is 5.82 Å². The third kappa shape index (κ3) is 3.24. The lowest BCUT2D eigenvalue weighted by Gasteiger charge is -2.33. The molecule has 0 atom stereocenters. The highest BCUT2D eigenvalue weighted by atomic mass is 19.1. The Labute approximate surface area is 115 Å². The topological polar surface area (TPSA) is 81.1 Å². The number of rotatable bonds is 3. The van der Waals surface area contributed by atoms with Gasteiger partial charge < -0.3 is 15.1 Å². The SMILES string of the molecule is O=C(O)CN1CCN(C(=O)c2ccc(F)cc2O)CC1. The highest BCUT2D eigenvalue weighted by Crippen LogP contribution is 2.20. The van der Waals surface area contributed by atoms with Gasteiger partial charge in [-0.2, -0.15) is 0 Å². The van der Waals surface area contributed by atoms with Crippen LogP contribution < -0.4 is 0 Å². The van der Waals surface area contributed by atoms with Crippen LogP contribution in [0.1, 0.15) is 10.4 Å². The van der Waals surface area contributed by atoms with Crippen molar-refractivity contribution in [1.82, 2.24) is 9.80 Å². The second kappa shape index (κ2) is 5.87. The van der Waals surface area contributed by atoms with Gasteiger partial charge >= 0.3 is 5.97 Å². The number of benzene rings is 1. The molecular weight excluding hydrogens is 267 g/mol. The van der Waals surface area contributed by atoms with Crippen molar-refractivity contribution in [2.75, 3.05) is 32.7 Å². The summed E-state index contributed by atoms with van der Waals surface area (Å²) in [6.07, 6.45) is 0. The Hall–Kier alpha value is -2.15. The smallest absolute Gasteiger partial charge is 0.317 e. The molecule has 0 saturated carbocycles. The summed E-state index contributed by atoms with van der Waals surface area (Å²) in [4.78, 5) is 26.0.